The Kier molecular flexibility index (Phi) is 6.98. The summed E-state index contributed by atoms with van der Waals surface area (Å²) in [7, 11) is 3.15. The number of ether oxygens (including phenoxy) is 2. The van der Waals surface area contributed by atoms with Crippen LogP contribution in [0.15, 0.2) is 27.8 Å². The molecule has 0 radical (unpaired) electrons. The smallest absolute Gasteiger partial charge is 0.277 e. The van der Waals surface area contributed by atoms with Crippen LogP contribution in [0.4, 0.5) is 0 Å². The molecule has 2 aromatic rings. The molecular weight excluding hydrogens is 378 g/mol. The molecule has 7 nitrogen and oxygen atoms in total. The van der Waals surface area contributed by atoms with Crippen molar-refractivity contribution in [3.05, 3.63) is 18.2 Å². The molecule has 0 aliphatic carbocycles. The predicted octanol–water partition coefficient (Wildman–Crippen LogP) is 4.18. The monoisotopic (exact) mass is 407 g/mol. The van der Waals surface area contributed by atoms with Crippen LogP contribution in [0.25, 0.3) is 11.5 Å². The highest BCUT2D eigenvalue weighted by molar-refractivity contribution is 7.99. The standard InChI is InChI=1S/C20H29N3O4S/c1-19(2,3)12-20(4,5)21-16(24)11-28-18-23-22-17(27-18)14-9-8-13(25-6)10-15(14)26-7/h8-10H,11-12H2,1-7H3,(H,21,24). The van der Waals surface area contributed by atoms with Crippen LogP contribution >= 0.6 is 11.8 Å². The van der Waals surface area contributed by atoms with Crippen molar-refractivity contribution in [2.24, 2.45) is 5.41 Å². The van der Waals surface area contributed by atoms with Gasteiger partial charge in [-0.3, -0.25) is 4.79 Å². The lowest BCUT2D eigenvalue weighted by molar-refractivity contribution is -0.120. The maximum absolute atomic E-state index is 12.3. The van der Waals surface area contributed by atoms with Gasteiger partial charge in [0.2, 0.25) is 5.91 Å². The average molecular weight is 408 g/mol. The molecule has 2 rings (SSSR count). The Morgan fingerprint density at radius 1 is 1.14 bits per heavy atom. The van der Waals surface area contributed by atoms with E-state index in [2.05, 4.69) is 36.3 Å². The van der Waals surface area contributed by atoms with Gasteiger partial charge in [-0.2, -0.15) is 0 Å². The predicted molar refractivity (Wildman–Crippen MR) is 110 cm³/mol. The lowest BCUT2D eigenvalue weighted by Gasteiger charge is -2.33. The quantitative estimate of drug-likeness (QED) is 0.657. The fraction of sp³-hybridized carbons (Fsp3) is 0.550. The molecule has 0 saturated heterocycles. The van der Waals surface area contributed by atoms with Crippen molar-refractivity contribution >= 4 is 17.7 Å². The molecule has 1 aromatic heterocycles. The Morgan fingerprint density at radius 3 is 2.46 bits per heavy atom. The van der Waals surface area contributed by atoms with Crippen LogP contribution in [-0.4, -0.2) is 41.6 Å². The number of amides is 1. The van der Waals surface area contributed by atoms with Crippen LogP contribution < -0.4 is 14.8 Å². The number of hydrogen-bond donors (Lipinski definition) is 1. The minimum absolute atomic E-state index is 0.0685. The summed E-state index contributed by atoms with van der Waals surface area (Å²) in [4.78, 5) is 12.3. The van der Waals surface area contributed by atoms with Crippen molar-refractivity contribution in [3.8, 4) is 23.0 Å². The van der Waals surface area contributed by atoms with Crippen molar-refractivity contribution < 1.29 is 18.7 Å². The van der Waals surface area contributed by atoms with E-state index in [-0.39, 0.29) is 22.6 Å². The molecule has 0 fully saturated rings. The number of carbonyl (C=O) groups excluding carboxylic acids is 1. The van der Waals surface area contributed by atoms with Crippen LogP contribution in [-0.2, 0) is 4.79 Å². The SMILES string of the molecule is COc1ccc(-c2nnc(SCC(=O)NC(C)(C)CC(C)(C)C)o2)c(OC)c1. The molecule has 1 amide bonds. The second-order valence-corrected chi connectivity index (χ2v) is 9.32. The zero-order valence-corrected chi connectivity index (χ0v) is 18.4. The fourth-order valence-corrected chi connectivity index (χ4v) is 3.83. The van der Waals surface area contributed by atoms with Crippen LogP contribution in [0.2, 0.25) is 0 Å². The number of aromatic nitrogens is 2. The molecule has 0 aliphatic rings. The lowest BCUT2D eigenvalue weighted by Crippen LogP contribution is -2.46. The van der Waals surface area contributed by atoms with Gasteiger partial charge in [0.1, 0.15) is 11.5 Å². The van der Waals surface area contributed by atoms with E-state index in [1.807, 2.05) is 13.8 Å². The van der Waals surface area contributed by atoms with Crippen molar-refractivity contribution in [2.45, 2.75) is 51.8 Å². The van der Waals surface area contributed by atoms with Crippen molar-refractivity contribution in [2.75, 3.05) is 20.0 Å². The molecule has 0 bridgehead atoms. The highest BCUT2D eigenvalue weighted by Gasteiger charge is 2.27. The third-order valence-corrected chi connectivity index (χ3v) is 4.64. The number of benzene rings is 1. The lowest BCUT2D eigenvalue weighted by atomic mass is 9.82. The molecular formula is C20H29N3O4S. The molecule has 0 unspecified atom stereocenters. The van der Waals surface area contributed by atoms with Gasteiger partial charge in [0, 0.05) is 11.6 Å². The molecule has 0 spiro atoms. The maximum atomic E-state index is 12.3. The topological polar surface area (TPSA) is 86.5 Å². The summed E-state index contributed by atoms with van der Waals surface area (Å²) in [6, 6.07) is 5.33. The summed E-state index contributed by atoms with van der Waals surface area (Å²) in [5.41, 5.74) is 0.508. The number of thioether (sulfide) groups is 1. The van der Waals surface area contributed by atoms with Crippen molar-refractivity contribution in [1.29, 1.82) is 0 Å². The van der Waals surface area contributed by atoms with Gasteiger partial charge in [-0.05, 0) is 37.8 Å². The molecule has 0 atom stereocenters. The zero-order chi connectivity index (χ0) is 20.9. The van der Waals surface area contributed by atoms with E-state index in [1.54, 1.807) is 32.4 Å². The molecule has 1 N–H and O–H groups in total. The van der Waals surface area contributed by atoms with Crippen LogP contribution in [0.1, 0.15) is 41.0 Å². The summed E-state index contributed by atoms with van der Waals surface area (Å²) in [5, 5.41) is 11.5. The molecule has 0 aliphatic heterocycles. The normalized spacial score (nSPS) is 12.0. The van der Waals surface area contributed by atoms with Gasteiger partial charge in [0.25, 0.3) is 11.1 Å². The Morgan fingerprint density at radius 2 is 1.86 bits per heavy atom. The Hall–Kier alpha value is -2.22. The first kappa shape index (κ1) is 22.1. The van der Waals surface area contributed by atoms with E-state index in [4.69, 9.17) is 13.9 Å². The first-order valence-corrected chi connectivity index (χ1v) is 10.0. The van der Waals surface area contributed by atoms with Crippen molar-refractivity contribution in [3.63, 3.8) is 0 Å². The summed E-state index contributed by atoms with van der Waals surface area (Å²) in [6.07, 6.45) is 0.873. The van der Waals surface area contributed by atoms with E-state index in [0.29, 0.717) is 28.2 Å². The third kappa shape index (κ3) is 6.44. The van der Waals surface area contributed by atoms with E-state index >= 15 is 0 Å². The Bertz CT molecular complexity index is 812. The number of hydrogen-bond acceptors (Lipinski definition) is 7. The molecule has 1 aromatic carbocycles. The van der Waals surface area contributed by atoms with Gasteiger partial charge in [-0.1, -0.05) is 32.5 Å². The Labute approximate surface area is 170 Å². The van der Waals surface area contributed by atoms with E-state index in [0.717, 1.165) is 6.42 Å². The largest absolute Gasteiger partial charge is 0.497 e. The highest BCUT2D eigenvalue weighted by Crippen LogP contribution is 2.33. The number of nitrogens with zero attached hydrogens (tertiary/aromatic N) is 2. The molecule has 28 heavy (non-hydrogen) atoms. The third-order valence-electron chi connectivity index (χ3n) is 3.82. The fourth-order valence-electron chi connectivity index (χ4n) is 3.26. The zero-order valence-electron chi connectivity index (χ0n) is 17.6. The first-order chi connectivity index (χ1) is 13.0. The van der Waals surface area contributed by atoms with Gasteiger partial charge in [0.05, 0.1) is 25.5 Å². The Balaban J connectivity index is 1.99. The van der Waals surface area contributed by atoms with Crippen molar-refractivity contribution in [1.82, 2.24) is 15.5 Å². The van der Waals surface area contributed by atoms with Gasteiger partial charge in [0.15, 0.2) is 0 Å². The maximum Gasteiger partial charge on any atom is 0.277 e. The number of nitrogens with one attached hydrogen (secondary N) is 1. The number of methoxy groups -OCH3 is 2. The second-order valence-electron chi connectivity index (χ2n) is 8.40. The minimum atomic E-state index is -0.285. The van der Waals surface area contributed by atoms with E-state index in [1.165, 1.54) is 11.8 Å². The number of carbonyl (C=O) groups is 1. The van der Waals surface area contributed by atoms with Crippen LogP contribution in [0.3, 0.4) is 0 Å². The summed E-state index contributed by atoms with van der Waals surface area (Å²) in [5.74, 6) is 1.71. The van der Waals surface area contributed by atoms with E-state index in [9.17, 15) is 4.79 Å². The van der Waals surface area contributed by atoms with Crippen LogP contribution in [0.5, 0.6) is 11.5 Å². The molecule has 154 valence electrons. The summed E-state index contributed by atoms with van der Waals surface area (Å²) in [6.45, 7) is 10.5. The highest BCUT2D eigenvalue weighted by atomic mass is 32.2. The van der Waals surface area contributed by atoms with Gasteiger partial charge in [-0.15, -0.1) is 10.2 Å². The first-order valence-electron chi connectivity index (χ1n) is 9.03. The summed E-state index contributed by atoms with van der Waals surface area (Å²) < 4.78 is 16.2. The van der Waals surface area contributed by atoms with Crippen LogP contribution in [0, 0.1) is 5.41 Å². The van der Waals surface area contributed by atoms with E-state index < -0.39 is 0 Å². The molecule has 1 heterocycles. The van der Waals surface area contributed by atoms with Gasteiger partial charge >= 0.3 is 0 Å². The second kappa shape index (κ2) is 8.86. The minimum Gasteiger partial charge on any atom is -0.497 e. The molecule has 8 heteroatoms. The van der Waals surface area contributed by atoms with Gasteiger partial charge < -0.3 is 19.2 Å². The average Bonchev–Trinajstić information content (AvgIpc) is 3.05. The molecule has 0 saturated carbocycles. The number of rotatable bonds is 8. The summed E-state index contributed by atoms with van der Waals surface area (Å²) >= 11 is 1.21. The van der Waals surface area contributed by atoms with Gasteiger partial charge in [-0.25, -0.2) is 0 Å².